The van der Waals surface area contributed by atoms with Crippen molar-refractivity contribution in [1.29, 1.82) is 0 Å². The third-order valence-corrected chi connectivity index (χ3v) is 2.86. The van der Waals surface area contributed by atoms with Crippen molar-refractivity contribution in [1.82, 2.24) is 5.16 Å². The highest BCUT2D eigenvalue weighted by molar-refractivity contribution is 7.79. The van der Waals surface area contributed by atoms with Gasteiger partial charge in [-0.2, -0.15) is 12.6 Å². The number of rotatable bonds is 1. The fraction of sp³-hybridized carbons (Fsp3) is 0.667. The van der Waals surface area contributed by atoms with Crippen LogP contribution in [0.2, 0.25) is 0 Å². The summed E-state index contributed by atoms with van der Waals surface area (Å²) in [5.41, 5.74) is 2.36. The van der Waals surface area contributed by atoms with Crippen molar-refractivity contribution < 1.29 is 4.52 Å². The number of nitrogens with zero attached hydrogens (tertiary/aromatic N) is 1. The van der Waals surface area contributed by atoms with E-state index < -0.39 is 0 Å². The highest BCUT2D eigenvalue weighted by Crippen LogP contribution is 2.33. The molecule has 1 aliphatic rings. The molecule has 0 N–H and O–H groups in total. The minimum Gasteiger partial charge on any atom is -0.361 e. The number of hydrogen-bond donors (Lipinski definition) is 1. The van der Waals surface area contributed by atoms with Gasteiger partial charge in [0.15, 0.2) is 0 Å². The highest BCUT2D eigenvalue weighted by atomic mass is 32.1. The fourth-order valence-corrected chi connectivity index (χ4v) is 2.10. The molecule has 12 heavy (non-hydrogen) atoms. The lowest BCUT2D eigenvalue weighted by molar-refractivity contribution is 0.346. The van der Waals surface area contributed by atoms with Gasteiger partial charge in [-0.15, -0.1) is 0 Å². The Kier molecular flexibility index (Phi) is 2.13. The van der Waals surface area contributed by atoms with E-state index >= 15 is 0 Å². The van der Waals surface area contributed by atoms with E-state index in [-0.39, 0.29) is 0 Å². The van der Waals surface area contributed by atoms with Crippen LogP contribution in [0.25, 0.3) is 0 Å². The van der Waals surface area contributed by atoms with E-state index in [1.807, 2.05) is 0 Å². The molecule has 1 atom stereocenters. The van der Waals surface area contributed by atoms with Gasteiger partial charge in [-0.1, -0.05) is 12.1 Å². The van der Waals surface area contributed by atoms with E-state index in [9.17, 15) is 0 Å². The monoisotopic (exact) mass is 183 g/mol. The summed E-state index contributed by atoms with van der Waals surface area (Å²) >= 11 is 4.22. The number of hydrogen-bond acceptors (Lipinski definition) is 3. The Hall–Kier alpha value is -0.440. The number of thiol groups is 1. The van der Waals surface area contributed by atoms with Gasteiger partial charge in [0.1, 0.15) is 5.76 Å². The SMILES string of the molecule is CC1CCCc2c(CS)noc21. The van der Waals surface area contributed by atoms with Crippen LogP contribution >= 0.6 is 12.6 Å². The van der Waals surface area contributed by atoms with Gasteiger partial charge in [-0.25, -0.2) is 0 Å². The maximum atomic E-state index is 5.29. The van der Waals surface area contributed by atoms with Gasteiger partial charge in [0.25, 0.3) is 0 Å². The molecule has 66 valence electrons. The van der Waals surface area contributed by atoms with Gasteiger partial charge in [-0.3, -0.25) is 0 Å². The smallest absolute Gasteiger partial charge is 0.143 e. The van der Waals surface area contributed by atoms with Crippen molar-refractivity contribution in [3.05, 3.63) is 17.0 Å². The normalized spacial score (nSPS) is 22.3. The summed E-state index contributed by atoms with van der Waals surface area (Å²) in [6, 6.07) is 0. The lowest BCUT2D eigenvalue weighted by atomic mass is 9.89. The minimum atomic E-state index is 0.551. The van der Waals surface area contributed by atoms with Crippen LogP contribution < -0.4 is 0 Å². The molecule has 1 unspecified atom stereocenters. The van der Waals surface area contributed by atoms with E-state index in [4.69, 9.17) is 4.52 Å². The van der Waals surface area contributed by atoms with Crippen molar-refractivity contribution in [2.24, 2.45) is 0 Å². The van der Waals surface area contributed by atoms with E-state index in [1.54, 1.807) is 0 Å². The first-order chi connectivity index (χ1) is 5.83. The molecule has 0 bridgehead atoms. The minimum absolute atomic E-state index is 0.551. The zero-order chi connectivity index (χ0) is 8.55. The molecule has 0 radical (unpaired) electrons. The van der Waals surface area contributed by atoms with Crippen LogP contribution in [0.4, 0.5) is 0 Å². The van der Waals surface area contributed by atoms with E-state index in [0.717, 1.165) is 17.9 Å². The van der Waals surface area contributed by atoms with E-state index in [0.29, 0.717) is 11.7 Å². The second-order valence-corrected chi connectivity index (χ2v) is 3.74. The molecule has 1 aliphatic carbocycles. The van der Waals surface area contributed by atoms with Gasteiger partial charge in [0, 0.05) is 17.2 Å². The molecule has 0 spiro atoms. The van der Waals surface area contributed by atoms with Crippen LogP contribution in [-0.4, -0.2) is 5.16 Å². The predicted molar refractivity (Wildman–Crippen MR) is 50.5 cm³/mol. The Labute approximate surface area is 77.7 Å². The predicted octanol–water partition coefficient (Wildman–Crippen LogP) is 2.54. The molecule has 0 saturated heterocycles. The first kappa shape index (κ1) is 8.17. The molecular weight excluding hydrogens is 170 g/mol. The molecule has 0 amide bonds. The summed E-state index contributed by atoms with van der Waals surface area (Å²) in [7, 11) is 0. The van der Waals surface area contributed by atoms with Gasteiger partial charge < -0.3 is 4.52 Å². The summed E-state index contributed by atoms with van der Waals surface area (Å²) < 4.78 is 5.29. The number of fused-ring (bicyclic) bond motifs is 1. The van der Waals surface area contributed by atoms with Crippen molar-refractivity contribution in [2.45, 2.75) is 37.9 Å². The quantitative estimate of drug-likeness (QED) is 0.677. The Morgan fingerprint density at radius 2 is 2.50 bits per heavy atom. The van der Waals surface area contributed by atoms with Gasteiger partial charge in [0.05, 0.1) is 5.69 Å². The van der Waals surface area contributed by atoms with Crippen LogP contribution in [0.15, 0.2) is 4.52 Å². The molecule has 1 aromatic heterocycles. The average Bonchev–Trinajstić information content (AvgIpc) is 2.49. The summed E-state index contributed by atoms with van der Waals surface area (Å²) in [5.74, 6) is 2.35. The van der Waals surface area contributed by atoms with Crippen LogP contribution in [0, 0.1) is 0 Å². The zero-order valence-electron chi connectivity index (χ0n) is 7.21. The lowest BCUT2D eigenvalue weighted by Crippen LogP contribution is -2.05. The molecule has 0 saturated carbocycles. The third-order valence-electron chi connectivity index (χ3n) is 2.56. The van der Waals surface area contributed by atoms with Gasteiger partial charge in [-0.05, 0) is 19.3 Å². The summed E-state index contributed by atoms with van der Waals surface area (Å²) in [6.45, 7) is 2.20. The Morgan fingerprint density at radius 1 is 1.67 bits per heavy atom. The standard InChI is InChI=1S/C9H13NOS/c1-6-3-2-4-7-8(5-12)10-11-9(6)7/h6,12H,2-5H2,1H3. The van der Waals surface area contributed by atoms with Crippen LogP contribution in [0.5, 0.6) is 0 Å². The van der Waals surface area contributed by atoms with Gasteiger partial charge >= 0.3 is 0 Å². The highest BCUT2D eigenvalue weighted by Gasteiger charge is 2.23. The summed E-state index contributed by atoms with van der Waals surface area (Å²) in [5, 5.41) is 4.02. The topological polar surface area (TPSA) is 26.0 Å². The van der Waals surface area contributed by atoms with Crippen molar-refractivity contribution >= 4 is 12.6 Å². The molecule has 2 nitrogen and oxygen atoms in total. The molecule has 1 heterocycles. The molecular formula is C9H13NOS. The van der Waals surface area contributed by atoms with Crippen molar-refractivity contribution in [2.75, 3.05) is 0 Å². The first-order valence-electron chi connectivity index (χ1n) is 4.41. The Balaban J connectivity index is 2.41. The zero-order valence-corrected chi connectivity index (χ0v) is 8.10. The average molecular weight is 183 g/mol. The van der Waals surface area contributed by atoms with Crippen LogP contribution in [0.1, 0.15) is 42.7 Å². The molecule has 0 aliphatic heterocycles. The fourth-order valence-electron chi connectivity index (χ4n) is 1.85. The second kappa shape index (κ2) is 3.13. The van der Waals surface area contributed by atoms with Crippen molar-refractivity contribution in [3.8, 4) is 0 Å². The lowest BCUT2D eigenvalue weighted by Gasteiger charge is -2.15. The molecule has 0 fully saturated rings. The molecule has 1 aromatic rings. The summed E-state index contributed by atoms with van der Waals surface area (Å²) in [6.07, 6.45) is 3.61. The maximum Gasteiger partial charge on any atom is 0.143 e. The molecule has 2 rings (SSSR count). The second-order valence-electron chi connectivity index (χ2n) is 3.42. The van der Waals surface area contributed by atoms with Crippen LogP contribution in [-0.2, 0) is 12.2 Å². The van der Waals surface area contributed by atoms with E-state index in [1.165, 1.54) is 18.4 Å². The largest absolute Gasteiger partial charge is 0.361 e. The molecule has 3 heteroatoms. The first-order valence-corrected chi connectivity index (χ1v) is 5.04. The third kappa shape index (κ3) is 1.16. The maximum absolute atomic E-state index is 5.29. The van der Waals surface area contributed by atoms with Gasteiger partial charge in [0.2, 0.25) is 0 Å². The Bertz CT molecular complexity index is 282. The van der Waals surface area contributed by atoms with E-state index in [2.05, 4.69) is 24.7 Å². The van der Waals surface area contributed by atoms with Crippen molar-refractivity contribution in [3.63, 3.8) is 0 Å². The Morgan fingerprint density at radius 3 is 3.25 bits per heavy atom. The summed E-state index contributed by atoms with van der Waals surface area (Å²) in [4.78, 5) is 0. The molecule has 0 aromatic carbocycles. The number of aromatic nitrogens is 1. The van der Waals surface area contributed by atoms with Crippen LogP contribution in [0.3, 0.4) is 0 Å².